The molecule has 0 bridgehead atoms. The molecule has 1 aromatic rings. The molecule has 116 valence electrons. The second kappa shape index (κ2) is 6.06. The number of aliphatic hydroxyl groups is 1. The summed E-state index contributed by atoms with van der Waals surface area (Å²) >= 11 is 6.00. The van der Waals surface area contributed by atoms with Gasteiger partial charge in [-0.1, -0.05) is 17.7 Å². The first-order valence-electron chi connectivity index (χ1n) is 7.06. The number of benzene rings is 1. The molecule has 1 aliphatic heterocycles. The molecule has 0 aromatic heterocycles. The maximum Gasteiger partial charge on any atom is 0.492 e. The van der Waals surface area contributed by atoms with Crippen molar-refractivity contribution in [2.24, 2.45) is 0 Å². The van der Waals surface area contributed by atoms with Gasteiger partial charge in [-0.15, -0.1) is 0 Å². The van der Waals surface area contributed by atoms with Crippen molar-refractivity contribution in [3.63, 3.8) is 0 Å². The van der Waals surface area contributed by atoms with Crippen LogP contribution in [-0.2, 0) is 9.31 Å². The lowest BCUT2D eigenvalue weighted by atomic mass is 9.77. The predicted molar refractivity (Wildman–Crippen MR) is 87.3 cm³/mol. The number of aliphatic hydroxyl groups excluding tert-OH is 1. The summed E-state index contributed by atoms with van der Waals surface area (Å²) in [7, 11) is -0.625. The Balaban J connectivity index is 2.34. The molecule has 2 rings (SSSR count). The van der Waals surface area contributed by atoms with Crippen LogP contribution in [0.5, 0.6) is 0 Å². The van der Waals surface area contributed by atoms with Gasteiger partial charge in [0.25, 0.3) is 0 Å². The molecule has 4 nitrogen and oxygen atoms in total. The highest BCUT2D eigenvalue weighted by Crippen LogP contribution is 2.38. The summed E-state index contributed by atoms with van der Waals surface area (Å²) in [5.41, 5.74) is 0.827. The molecule has 0 aliphatic carbocycles. The van der Waals surface area contributed by atoms with Gasteiger partial charge in [0.2, 0.25) is 0 Å². The van der Waals surface area contributed by atoms with Crippen LogP contribution in [0.4, 0.5) is 0 Å². The summed E-state index contributed by atoms with van der Waals surface area (Å²) < 4.78 is 11.9. The lowest BCUT2D eigenvalue weighted by molar-refractivity contribution is 0.00578. The van der Waals surface area contributed by atoms with E-state index in [4.69, 9.17) is 26.2 Å². The van der Waals surface area contributed by atoms with Crippen LogP contribution in [0.1, 0.15) is 38.8 Å². The minimum absolute atomic E-state index is 0.203. The third-order valence-electron chi connectivity index (χ3n) is 4.14. The monoisotopic (exact) mass is 319 g/mol. The normalized spacial score (nSPS) is 20.0. The molecule has 1 aromatic carbocycles. The number of hydrogen-bond donors (Lipinski definition) is 1. The van der Waals surface area contributed by atoms with Gasteiger partial charge in [-0.2, -0.15) is 5.26 Å². The molecule has 0 amide bonds. The molecule has 0 unspecified atom stereocenters. The van der Waals surface area contributed by atoms with Crippen LogP contribution in [-0.4, -0.2) is 30.0 Å². The molecule has 0 saturated carbocycles. The van der Waals surface area contributed by atoms with Crippen LogP contribution in [0.3, 0.4) is 0 Å². The van der Waals surface area contributed by atoms with Crippen molar-refractivity contribution in [2.45, 2.75) is 38.9 Å². The summed E-state index contributed by atoms with van der Waals surface area (Å²) in [6.45, 7) is 7.61. The van der Waals surface area contributed by atoms with Crippen LogP contribution in [0.25, 0.3) is 6.08 Å². The fraction of sp³-hybridized carbons (Fsp3) is 0.438. The molecular formula is C16H19BClNO3. The molecule has 1 aliphatic rings. The highest BCUT2D eigenvalue weighted by Gasteiger charge is 2.52. The Morgan fingerprint density at radius 3 is 2.36 bits per heavy atom. The van der Waals surface area contributed by atoms with Crippen LogP contribution in [0.2, 0.25) is 5.02 Å². The smallest absolute Gasteiger partial charge is 0.400 e. The third kappa shape index (κ3) is 3.36. The van der Waals surface area contributed by atoms with E-state index in [0.29, 0.717) is 16.1 Å². The quantitative estimate of drug-likeness (QED) is 0.869. The lowest BCUT2D eigenvalue weighted by Gasteiger charge is -2.32. The van der Waals surface area contributed by atoms with E-state index < -0.39 is 18.3 Å². The fourth-order valence-electron chi connectivity index (χ4n) is 2.16. The summed E-state index contributed by atoms with van der Waals surface area (Å²) in [4.78, 5) is 0. The van der Waals surface area contributed by atoms with Gasteiger partial charge in [-0.05, 0) is 56.9 Å². The second-order valence-electron chi connectivity index (χ2n) is 6.35. The highest BCUT2D eigenvalue weighted by atomic mass is 35.5. The van der Waals surface area contributed by atoms with Crippen molar-refractivity contribution in [3.8, 4) is 6.07 Å². The molecular weight excluding hydrogens is 300 g/mol. The van der Waals surface area contributed by atoms with Gasteiger partial charge in [0.05, 0.1) is 29.4 Å². The van der Waals surface area contributed by atoms with E-state index in [0.717, 1.165) is 5.56 Å². The van der Waals surface area contributed by atoms with Gasteiger partial charge in [0, 0.05) is 5.02 Å². The van der Waals surface area contributed by atoms with Crippen molar-refractivity contribution >= 4 is 24.8 Å². The molecule has 0 atom stereocenters. The molecule has 22 heavy (non-hydrogen) atoms. The average Bonchev–Trinajstić information content (AvgIpc) is 2.64. The van der Waals surface area contributed by atoms with Crippen molar-refractivity contribution in [1.82, 2.24) is 0 Å². The molecule has 0 spiro atoms. The molecule has 1 saturated heterocycles. The number of halogens is 1. The number of nitrogens with zero attached hydrogens (tertiary/aromatic N) is 1. The van der Waals surface area contributed by atoms with Crippen LogP contribution >= 0.6 is 11.6 Å². The Labute approximate surface area is 136 Å². The van der Waals surface area contributed by atoms with E-state index in [1.807, 2.05) is 27.7 Å². The Morgan fingerprint density at radius 2 is 1.86 bits per heavy atom. The van der Waals surface area contributed by atoms with Crippen LogP contribution in [0.15, 0.2) is 23.7 Å². The van der Waals surface area contributed by atoms with Gasteiger partial charge < -0.3 is 14.4 Å². The third-order valence-corrected chi connectivity index (χ3v) is 4.36. The number of nitriles is 1. The van der Waals surface area contributed by atoms with Crippen molar-refractivity contribution in [2.75, 3.05) is 6.61 Å². The van der Waals surface area contributed by atoms with E-state index in [9.17, 15) is 5.11 Å². The van der Waals surface area contributed by atoms with E-state index >= 15 is 0 Å². The predicted octanol–water partition coefficient (Wildman–Crippen LogP) is 3.22. The first kappa shape index (κ1) is 17.0. The largest absolute Gasteiger partial charge is 0.492 e. The average molecular weight is 320 g/mol. The summed E-state index contributed by atoms with van der Waals surface area (Å²) in [6.07, 6.45) is 1.74. The number of rotatable bonds is 3. The zero-order valence-electron chi connectivity index (χ0n) is 13.2. The van der Waals surface area contributed by atoms with Gasteiger partial charge in [0.1, 0.15) is 0 Å². The van der Waals surface area contributed by atoms with E-state index in [1.165, 1.54) is 0 Å². The fourth-order valence-corrected chi connectivity index (χ4v) is 2.40. The Bertz CT molecular complexity index is 633. The maximum atomic E-state index is 9.66. The van der Waals surface area contributed by atoms with E-state index in [2.05, 4.69) is 6.07 Å². The first-order valence-corrected chi connectivity index (χ1v) is 7.44. The van der Waals surface area contributed by atoms with E-state index in [1.54, 1.807) is 24.3 Å². The standard InChI is InChI=1S/C16H19BClNO3/c1-15(2)16(3,4)22-17(21-15)13(10-20)6-11-5-12(9-19)8-14(18)7-11/h5-8,20H,10H2,1-4H3. The van der Waals surface area contributed by atoms with Crippen LogP contribution in [0, 0.1) is 11.3 Å². The van der Waals surface area contributed by atoms with Crippen molar-refractivity contribution in [1.29, 1.82) is 5.26 Å². The Kier molecular flexibility index (Phi) is 4.69. The maximum absolute atomic E-state index is 9.66. The number of hydrogen-bond acceptors (Lipinski definition) is 4. The molecule has 1 heterocycles. The molecule has 0 radical (unpaired) electrons. The Hall–Kier alpha value is -1.32. The summed E-state index contributed by atoms with van der Waals surface area (Å²) in [5, 5.41) is 19.1. The van der Waals surface area contributed by atoms with Gasteiger partial charge in [0.15, 0.2) is 0 Å². The Morgan fingerprint density at radius 1 is 1.27 bits per heavy atom. The zero-order valence-corrected chi connectivity index (χ0v) is 13.9. The van der Waals surface area contributed by atoms with Gasteiger partial charge >= 0.3 is 7.12 Å². The minimum atomic E-state index is -0.625. The van der Waals surface area contributed by atoms with Gasteiger partial charge in [-0.3, -0.25) is 0 Å². The summed E-state index contributed by atoms with van der Waals surface area (Å²) in [6, 6.07) is 7.07. The zero-order chi connectivity index (χ0) is 16.5. The minimum Gasteiger partial charge on any atom is -0.400 e. The van der Waals surface area contributed by atoms with Crippen molar-refractivity contribution in [3.05, 3.63) is 39.8 Å². The van der Waals surface area contributed by atoms with Crippen LogP contribution < -0.4 is 0 Å². The van der Waals surface area contributed by atoms with E-state index in [-0.39, 0.29) is 6.61 Å². The van der Waals surface area contributed by atoms with Gasteiger partial charge in [-0.25, -0.2) is 0 Å². The molecule has 6 heteroatoms. The molecule has 1 fully saturated rings. The SMILES string of the molecule is CC1(C)OB(C(=Cc2cc(Cl)cc(C#N)c2)CO)OC1(C)C. The van der Waals surface area contributed by atoms with Crippen molar-refractivity contribution < 1.29 is 14.4 Å². The molecule has 1 N–H and O–H groups in total. The lowest BCUT2D eigenvalue weighted by Crippen LogP contribution is -2.41. The first-order chi connectivity index (χ1) is 10.2. The topological polar surface area (TPSA) is 62.5 Å². The summed E-state index contributed by atoms with van der Waals surface area (Å²) in [5.74, 6) is 0. The highest BCUT2D eigenvalue weighted by molar-refractivity contribution is 6.55. The second-order valence-corrected chi connectivity index (χ2v) is 6.79.